The number of rotatable bonds is 8. The molecular formula is C15H25NO3S. The van der Waals surface area contributed by atoms with Crippen molar-refractivity contribution in [3.05, 3.63) is 29.8 Å². The van der Waals surface area contributed by atoms with Crippen LogP contribution < -0.4 is 4.72 Å². The molecule has 114 valence electrons. The van der Waals surface area contributed by atoms with Gasteiger partial charge in [0.2, 0.25) is 10.0 Å². The summed E-state index contributed by atoms with van der Waals surface area (Å²) in [5.74, 6) is 0. The summed E-state index contributed by atoms with van der Waals surface area (Å²) in [6, 6.07) is 6.19. The fourth-order valence-corrected chi connectivity index (χ4v) is 3.24. The Balaban J connectivity index is 2.63. The van der Waals surface area contributed by atoms with Crippen molar-refractivity contribution < 1.29 is 13.5 Å². The van der Waals surface area contributed by atoms with Gasteiger partial charge in [-0.2, -0.15) is 0 Å². The first-order valence-electron chi connectivity index (χ1n) is 7.14. The Morgan fingerprint density at radius 3 is 2.35 bits per heavy atom. The minimum atomic E-state index is -3.56. The largest absolute Gasteiger partial charge is 0.391 e. The maximum atomic E-state index is 12.2. The third-order valence-corrected chi connectivity index (χ3v) is 4.93. The van der Waals surface area contributed by atoms with E-state index >= 15 is 0 Å². The number of aliphatic hydroxyl groups excluding tert-OH is 1. The van der Waals surface area contributed by atoms with Crippen LogP contribution in [0.15, 0.2) is 29.2 Å². The van der Waals surface area contributed by atoms with Gasteiger partial charge < -0.3 is 5.11 Å². The maximum Gasteiger partial charge on any atom is 0.240 e. The molecule has 1 aromatic rings. The SMILES string of the molecule is CCCCC[C@H](O)[C@H](C)NS(=O)(=O)c1ccc(C)cc1. The molecule has 2 atom stereocenters. The molecule has 0 fully saturated rings. The van der Waals surface area contributed by atoms with Crippen molar-refractivity contribution in [3.8, 4) is 0 Å². The van der Waals surface area contributed by atoms with Crippen LogP contribution in [0.2, 0.25) is 0 Å². The minimum Gasteiger partial charge on any atom is -0.391 e. The Bertz CT molecular complexity index is 496. The highest BCUT2D eigenvalue weighted by molar-refractivity contribution is 7.89. The lowest BCUT2D eigenvalue weighted by atomic mass is 10.1. The van der Waals surface area contributed by atoms with Gasteiger partial charge in [-0.15, -0.1) is 0 Å². The molecule has 0 saturated heterocycles. The summed E-state index contributed by atoms with van der Waals surface area (Å²) in [6.45, 7) is 5.70. The van der Waals surface area contributed by atoms with Crippen molar-refractivity contribution in [2.45, 2.75) is 63.5 Å². The Hall–Kier alpha value is -0.910. The second-order valence-electron chi connectivity index (χ2n) is 5.29. The molecule has 4 nitrogen and oxygen atoms in total. The molecule has 2 N–H and O–H groups in total. The first-order chi connectivity index (χ1) is 9.36. The van der Waals surface area contributed by atoms with E-state index < -0.39 is 22.2 Å². The second-order valence-corrected chi connectivity index (χ2v) is 7.00. The molecular weight excluding hydrogens is 274 g/mol. The molecule has 1 aromatic carbocycles. The van der Waals surface area contributed by atoms with Gasteiger partial charge in [-0.05, 0) is 32.4 Å². The number of benzene rings is 1. The van der Waals surface area contributed by atoms with Crippen LogP contribution in [0.5, 0.6) is 0 Å². The zero-order valence-electron chi connectivity index (χ0n) is 12.5. The molecule has 0 saturated carbocycles. The smallest absolute Gasteiger partial charge is 0.240 e. The summed E-state index contributed by atoms with van der Waals surface area (Å²) in [6.07, 6.45) is 3.01. The van der Waals surface area contributed by atoms with E-state index in [9.17, 15) is 13.5 Å². The van der Waals surface area contributed by atoms with Gasteiger partial charge >= 0.3 is 0 Å². The van der Waals surface area contributed by atoms with E-state index in [-0.39, 0.29) is 4.90 Å². The molecule has 1 rings (SSSR count). The Morgan fingerprint density at radius 1 is 1.20 bits per heavy atom. The normalized spacial score (nSPS) is 15.0. The summed E-state index contributed by atoms with van der Waals surface area (Å²) < 4.78 is 26.9. The molecule has 5 heteroatoms. The molecule has 0 unspecified atom stereocenters. The zero-order chi connectivity index (χ0) is 15.2. The molecule has 0 aromatic heterocycles. The van der Waals surface area contributed by atoms with Crippen LogP contribution >= 0.6 is 0 Å². The number of nitrogens with one attached hydrogen (secondary N) is 1. The molecule has 0 amide bonds. The summed E-state index contributed by atoms with van der Waals surface area (Å²) >= 11 is 0. The zero-order valence-corrected chi connectivity index (χ0v) is 13.3. The number of aryl methyl sites for hydroxylation is 1. The van der Waals surface area contributed by atoms with Gasteiger partial charge in [0, 0.05) is 6.04 Å². The highest BCUT2D eigenvalue weighted by Gasteiger charge is 2.21. The lowest BCUT2D eigenvalue weighted by Gasteiger charge is -2.20. The predicted octanol–water partition coefficient (Wildman–Crippen LogP) is 2.60. The monoisotopic (exact) mass is 299 g/mol. The van der Waals surface area contributed by atoms with E-state index in [1.165, 1.54) is 0 Å². The molecule has 0 heterocycles. The van der Waals surface area contributed by atoms with Crippen LogP contribution in [0.3, 0.4) is 0 Å². The number of unbranched alkanes of at least 4 members (excludes halogenated alkanes) is 2. The van der Waals surface area contributed by atoms with Crippen molar-refractivity contribution in [2.24, 2.45) is 0 Å². The van der Waals surface area contributed by atoms with Gasteiger partial charge in [0.05, 0.1) is 11.0 Å². The molecule has 0 aliphatic carbocycles. The standard InChI is InChI=1S/C15H25NO3S/c1-4-5-6-7-15(17)13(3)16-20(18,19)14-10-8-12(2)9-11-14/h8-11,13,15-17H,4-7H2,1-3H3/t13-,15-/m0/s1. The van der Waals surface area contributed by atoms with E-state index in [1.54, 1.807) is 31.2 Å². The first kappa shape index (κ1) is 17.1. The molecule has 0 radical (unpaired) electrons. The molecule has 20 heavy (non-hydrogen) atoms. The van der Waals surface area contributed by atoms with Crippen molar-refractivity contribution in [1.29, 1.82) is 0 Å². The maximum absolute atomic E-state index is 12.2. The fourth-order valence-electron chi connectivity index (χ4n) is 1.96. The Kier molecular flexibility index (Phi) is 6.65. The van der Waals surface area contributed by atoms with Gasteiger partial charge in [-0.1, -0.05) is 43.9 Å². The molecule has 0 bridgehead atoms. The van der Waals surface area contributed by atoms with Gasteiger partial charge in [0.1, 0.15) is 0 Å². The van der Waals surface area contributed by atoms with E-state index in [4.69, 9.17) is 0 Å². The van der Waals surface area contributed by atoms with Crippen LogP contribution in [0.1, 0.15) is 45.1 Å². The van der Waals surface area contributed by atoms with E-state index in [0.29, 0.717) is 6.42 Å². The van der Waals surface area contributed by atoms with Crippen LogP contribution in [0, 0.1) is 6.92 Å². The van der Waals surface area contributed by atoms with Gasteiger partial charge in [0.25, 0.3) is 0 Å². The quantitative estimate of drug-likeness (QED) is 0.725. The average molecular weight is 299 g/mol. The van der Waals surface area contributed by atoms with E-state index in [2.05, 4.69) is 11.6 Å². The van der Waals surface area contributed by atoms with Crippen molar-refractivity contribution in [1.82, 2.24) is 4.72 Å². The van der Waals surface area contributed by atoms with E-state index in [0.717, 1.165) is 24.8 Å². The lowest BCUT2D eigenvalue weighted by molar-refractivity contribution is 0.131. The summed E-state index contributed by atoms with van der Waals surface area (Å²) in [5.41, 5.74) is 1.01. The number of sulfonamides is 1. The highest BCUT2D eigenvalue weighted by Crippen LogP contribution is 2.13. The van der Waals surface area contributed by atoms with Crippen LogP contribution in [0.25, 0.3) is 0 Å². The second kappa shape index (κ2) is 7.76. The van der Waals surface area contributed by atoms with E-state index in [1.807, 2.05) is 6.92 Å². The predicted molar refractivity (Wildman–Crippen MR) is 81.1 cm³/mol. The van der Waals surface area contributed by atoms with Crippen molar-refractivity contribution in [3.63, 3.8) is 0 Å². The van der Waals surface area contributed by atoms with Crippen LogP contribution in [-0.2, 0) is 10.0 Å². The third-order valence-electron chi connectivity index (χ3n) is 3.35. The minimum absolute atomic E-state index is 0.232. The summed E-state index contributed by atoms with van der Waals surface area (Å²) in [5, 5.41) is 9.97. The average Bonchev–Trinajstić information content (AvgIpc) is 2.38. The number of hydrogen-bond donors (Lipinski definition) is 2. The Labute approximate surface area is 122 Å². The highest BCUT2D eigenvalue weighted by atomic mass is 32.2. The number of hydrogen-bond acceptors (Lipinski definition) is 3. The molecule has 0 aliphatic rings. The van der Waals surface area contributed by atoms with Crippen LogP contribution in [0.4, 0.5) is 0 Å². The topological polar surface area (TPSA) is 66.4 Å². The van der Waals surface area contributed by atoms with Crippen molar-refractivity contribution in [2.75, 3.05) is 0 Å². The molecule has 0 aliphatic heterocycles. The van der Waals surface area contributed by atoms with Gasteiger partial charge in [-0.3, -0.25) is 0 Å². The fraction of sp³-hybridized carbons (Fsp3) is 0.600. The first-order valence-corrected chi connectivity index (χ1v) is 8.62. The molecule has 0 spiro atoms. The summed E-state index contributed by atoms with van der Waals surface area (Å²) in [4.78, 5) is 0.232. The lowest BCUT2D eigenvalue weighted by Crippen LogP contribution is -2.41. The summed E-state index contributed by atoms with van der Waals surface area (Å²) in [7, 11) is -3.56. The van der Waals surface area contributed by atoms with Gasteiger partial charge in [0.15, 0.2) is 0 Å². The van der Waals surface area contributed by atoms with Crippen LogP contribution in [-0.4, -0.2) is 25.7 Å². The van der Waals surface area contributed by atoms with Crippen molar-refractivity contribution >= 4 is 10.0 Å². The van der Waals surface area contributed by atoms with Gasteiger partial charge in [-0.25, -0.2) is 13.1 Å². The number of aliphatic hydroxyl groups is 1. The Morgan fingerprint density at radius 2 is 1.80 bits per heavy atom. The third kappa shape index (κ3) is 5.23.